The fraction of sp³-hybridized carbons (Fsp3) is 0.217. The van der Waals surface area contributed by atoms with Crippen molar-refractivity contribution >= 4 is 74.3 Å². The highest BCUT2D eigenvalue weighted by Crippen LogP contribution is 2.51. The molecule has 9 aromatic rings. The second-order valence-corrected chi connectivity index (χ2v) is 23.9. The largest absolute Gasteiger partial charge is 0.311 e. The maximum atomic E-state index is 2.63. The molecule has 73 heavy (non-hydrogen) atoms. The van der Waals surface area contributed by atoms with Crippen molar-refractivity contribution in [2.24, 2.45) is 5.41 Å². The van der Waals surface area contributed by atoms with E-state index in [0.29, 0.717) is 0 Å². The standard InChI is InChI=1S/C69H66BN3/c1-45-18-14-16-22-60(45)72-62-37-28-50(49-24-29-53(30-25-49)67(3,4)5)38-58(62)70-59-39-51-43-69(9,10)44-52(51)40-63(59)73(61-23-17-15-19-46(61)2)65-42-57(41-64(72)66(65)70)71(56-35-31-54(32-36-56)68(6,7)8)55-33-26-48(27-34-55)47-20-12-11-13-21-47/h11-42H,43-44H2,1-10H3. The number of para-hydroxylation sites is 2. The molecule has 0 saturated heterocycles. The van der Waals surface area contributed by atoms with E-state index in [1.807, 2.05) is 0 Å². The van der Waals surface area contributed by atoms with Gasteiger partial charge in [0.05, 0.1) is 5.69 Å². The molecule has 4 heteroatoms. The van der Waals surface area contributed by atoms with Gasteiger partial charge in [-0.05, 0) is 176 Å². The molecule has 12 rings (SSSR count). The molecule has 9 aromatic carbocycles. The smallest absolute Gasteiger partial charge is 0.252 e. The molecule has 0 radical (unpaired) electrons. The fourth-order valence-electron chi connectivity index (χ4n) is 12.2. The van der Waals surface area contributed by atoms with Crippen LogP contribution >= 0.6 is 0 Å². The van der Waals surface area contributed by atoms with Gasteiger partial charge in [-0.3, -0.25) is 0 Å². The van der Waals surface area contributed by atoms with Crippen LogP contribution in [0.5, 0.6) is 0 Å². The van der Waals surface area contributed by atoms with E-state index in [9.17, 15) is 0 Å². The maximum absolute atomic E-state index is 2.63. The lowest BCUT2D eigenvalue weighted by Gasteiger charge is -2.45. The lowest BCUT2D eigenvalue weighted by molar-refractivity contribution is 0.392. The minimum absolute atomic E-state index is 0.0136. The van der Waals surface area contributed by atoms with Gasteiger partial charge >= 0.3 is 0 Å². The lowest BCUT2D eigenvalue weighted by atomic mass is 9.33. The predicted molar refractivity (Wildman–Crippen MR) is 314 cm³/mol. The van der Waals surface area contributed by atoms with Crippen LogP contribution in [0.4, 0.5) is 51.2 Å². The molecule has 2 heterocycles. The van der Waals surface area contributed by atoms with Crippen molar-refractivity contribution < 1.29 is 0 Å². The van der Waals surface area contributed by atoms with Crippen LogP contribution < -0.4 is 31.1 Å². The van der Waals surface area contributed by atoms with Crippen LogP contribution in [0.15, 0.2) is 194 Å². The normalized spacial score (nSPS) is 14.4. The average Bonchev–Trinajstić information content (AvgIpc) is 3.69. The van der Waals surface area contributed by atoms with E-state index >= 15 is 0 Å². The Kier molecular flexibility index (Phi) is 11.0. The Labute approximate surface area is 434 Å². The van der Waals surface area contributed by atoms with Crippen molar-refractivity contribution in [3.8, 4) is 22.3 Å². The SMILES string of the molecule is Cc1ccccc1N1c2ccc(-c3ccc(C(C)(C)C)cc3)cc2B2c3cc4c(cc3N(c3ccccc3C)c3cc(N(c5ccc(-c6ccccc6)cc5)c5ccc(C(C)(C)C)cc5)cc1c32)CC(C)(C)C4. The van der Waals surface area contributed by atoms with Crippen molar-refractivity contribution in [2.75, 3.05) is 14.7 Å². The van der Waals surface area contributed by atoms with Crippen molar-refractivity contribution in [2.45, 2.75) is 92.9 Å². The Balaban J connectivity index is 1.17. The van der Waals surface area contributed by atoms with Gasteiger partial charge in [0.25, 0.3) is 6.71 Å². The van der Waals surface area contributed by atoms with Crippen molar-refractivity contribution in [1.82, 2.24) is 0 Å². The molecule has 0 bridgehead atoms. The van der Waals surface area contributed by atoms with Crippen molar-refractivity contribution in [3.63, 3.8) is 0 Å². The molecular weight excluding hydrogens is 882 g/mol. The molecule has 0 aromatic heterocycles. The lowest BCUT2D eigenvalue weighted by Crippen LogP contribution is -2.61. The molecule has 3 nitrogen and oxygen atoms in total. The second kappa shape index (κ2) is 17.3. The molecule has 2 aliphatic heterocycles. The molecule has 0 atom stereocenters. The average molecular weight is 948 g/mol. The number of hydrogen-bond donors (Lipinski definition) is 0. The van der Waals surface area contributed by atoms with Gasteiger partial charge in [-0.2, -0.15) is 0 Å². The summed E-state index contributed by atoms with van der Waals surface area (Å²) in [5.41, 5.74) is 27.8. The number of hydrogen-bond acceptors (Lipinski definition) is 3. The summed E-state index contributed by atoms with van der Waals surface area (Å²) >= 11 is 0. The van der Waals surface area contributed by atoms with Gasteiger partial charge in [-0.25, -0.2) is 0 Å². The molecule has 0 unspecified atom stereocenters. The first-order valence-corrected chi connectivity index (χ1v) is 26.4. The first-order chi connectivity index (χ1) is 35.0. The first-order valence-electron chi connectivity index (χ1n) is 26.4. The van der Waals surface area contributed by atoms with Crippen LogP contribution in [0.1, 0.15) is 88.8 Å². The number of nitrogens with zero attached hydrogens (tertiary/aromatic N) is 3. The monoisotopic (exact) mass is 948 g/mol. The molecule has 360 valence electrons. The highest BCUT2D eigenvalue weighted by Gasteiger charge is 2.46. The molecule has 1 aliphatic carbocycles. The van der Waals surface area contributed by atoms with Crippen LogP contribution in [0, 0.1) is 19.3 Å². The van der Waals surface area contributed by atoms with Gasteiger partial charge in [-0.1, -0.05) is 189 Å². The molecule has 0 saturated carbocycles. The minimum atomic E-state index is -0.0305. The fourth-order valence-corrected chi connectivity index (χ4v) is 12.2. The van der Waals surface area contributed by atoms with Gasteiger partial charge < -0.3 is 14.7 Å². The Bertz CT molecular complexity index is 3580. The minimum Gasteiger partial charge on any atom is -0.311 e. The summed E-state index contributed by atoms with van der Waals surface area (Å²) in [5, 5.41) is 0. The second-order valence-electron chi connectivity index (χ2n) is 23.9. The van der Waals surface area contributed by atoms with Crippen molar-refractivity contribution in [3.05, 3.63) is 228 Å². The number of aryl methyl sites for hydroxylation is 2. The van der Waals surface area contributed by atoms with Crippen LogP contribution in [-0.4, -0.2) is 6.71 Å². The third kappa shape index (κ3) is 8.16. The van der Waals surface area contributed by atoms with Gasteiger partial charge in [0.15, 0.2) is 0 Å². The van der Waals surface area contributed by atoms with E-state index < -0.39 is 0 Å². The van der Waals surface area contributed by atoms with Gasteiger partial charge in [-0.15, -0.1) is 0 Å². The molecular formula is C69H66BN3. The Morgan fingerprint density at radius 3 is 1.40 bits per heavy atom. The maximum Gasteiger partial charge on any atom is 0.252 e. The number of fused-ring (bicyclic) bond motifs is 5. The summed E-state index contributed by atoms with van der Waals surface area (Å²) in [6, 6.07) is 73.9. The Morgan fingerprint density at radius 1 is 0.397 bits per heavy atom. The zero-order valence-corrected chi connectivity index (χ0v) is 44.3. The van der Waals surface area contributed by atoms with Gasteiger partial charge in [0, 0.05) is 45.5 Å². The third-order valence-corrected chi connectivity index (χ3v) is 16.0. The van der Waals surface area contributed by atoms with Crippen LogP contribution in [0.3, 0.4) is 0 Å². The van der Waals surface area contributed by atoms with E-state index in [1.54, 1.807) is 0 Å². The van der Waals surface area contributed by atoms with Gasteiger partial charge in [0.2, 0.25) is 0 Å². The van der Waals surface area contributed by atoms with Crippen molar-refractivity contribution in [1.29, 1.82) is 0 Å². The number of anilines is 9. The van der Waals surface area contributed by atoms with Crippen LogP contribution in [-0.2, 0) is 23.7 Å². The van der Waals surface area contributed by atoms with E-state index in [1.165, 1.54) is 106 Å². The van der Waals surface area contributed by atoms with Crippen LogP contribution in [0.2, 0.25) is 0 Å². The van der Waals surface area contributed by atoms with E-state index in [0.717, 1.165) is 29.9 Å². The molecule has 3 aliphatic rings. The Morgan fingerprint density at radius 2 is 0.836 bits per heavy atom. The number of rotatable bonds is 7. The molecule has 0 amide bonds. The third-order valence-electron chi connectivity index (χ3n) is 16.0. The van der Waals surface area contributed by atoms with Crippen LogP contribution in [0.25, 0.3) is 22.3 Å². The summed E-state index contributed by atoms with van der Waals surface area (Å²) < 4.78 is 0. The highest BCUT2D eigenvalue weighted by molar-refractivity contribution is 7.00. The summed E-state index contributed by atoms with van der Waals surface area (Å²) in [4.78, 5) is 7.71. The summed E-state index contributed by atoms with van der Waals surface area (Å²) in [6.07, 6.45) is 2.13. The molecule has 0 fully saturated rings. The first kappa shape index (κ1) is 46.5. The highest BCUT2D eigenvalue weighted by atomic mass is 15.2. The topological polar surface area (TPSA) is 9.72 Å². The summed E-state index contributed by atoms with van der Waals surface area (Å²) in [7, 11) is 0. The van der Waals surface area contributed by atoms with E-state index in [4.69, 9.17) is 0 Å². The summed E-state index contributed by atoms with van der Waals surface area (Å²) in [5.74, 6) is 0. The predicted octanol–water partition coefficient (Wildman–Crippen LogP) is 16.9. The van der Waals surface area contributed by atoms with E-state index in [-0.39, 0.29) is 23.0 Å². The summed E-state index contributed by atoms with van der Waals surface area (Å²) in [6.45, 7) is 23.2. The molecule has 0 N–H and O–H groups in total. The van der Waals surface area contributed by atoms with E-state index in [2.05, 4.69) is 278 Å². The van der Waals surface area contributed by atoms with Gasteiger partial charge in [0.1, 0.15) is 0 Å². The molecule has 0 spiro atoms. The zero-order valence-electron chi connectivity index (χ0n) is 44.3. The number of benzene rings is 9. The quantitative estimate of drug-likeness (QED) is 0.147. The Hall–Kier alpha value is -7.56. The zero-order chi connectivity index (χ0) is 50.6.